The third kappa shape index (κ3) is 3.43. The molecule has 1 fully saturated rings. The summed E-state index contributed by atoms with van der Waals surface area (Å²) in [5.41, 5.74) is -0.424. The average molecular weight is 289 g/mol. The zero-order valence-electron chi connectivity index (χ0n) is 11.3. The molecule has 0 spiro atoms. The fourth-order valence-corrected chi connectivity index (χ4v) is 2.42. The molecule has 6 heteroatoms. The minimum absolute atomic E-state index is 0.229. The second kappa shape index (κ2) is 6.01. The Kier molecular flexibility index (Phi) is 4.55. The van der Waals surface area contributed by atoms with Gasteiger partial charge in [0, 0.05) is 19.1 Å². The molecule has 0 aliphatic carbocycles. The molecule has 1 aliphatic heterocycles. The Hall–Kier alpha value is -1.27. The van der Waals surface area contributed by atoms with Crippen LogP contribution in [0.2, 0.25) is 0 Å². The molecule has 0 saturated carbocycles. The molecular formula is C14H18F3NO2. The van der Waals surface area contributed by atoms with Crippen molar-refractivity contribution in [2.24, 2.45) is 0 Å². The van der Waals surface area contributed by atoms with Crippen LogP contribution in [0.3, 0.4) is 0 Å². The van der Waals surface area contributed by atoms with E-state index in [1.54, 1.807) is 0 Å². The van der Waals surface area contributed by atoms with Gasteiger partial charge in [-0.05, 0) is 24.1 Å². The van der Waals surface area contributed by atoms with Gasteiger partial charge in [-0.15, -0.1) is 0 Å². The smallest absolute Gasteiger partial charge is 0.419 e. The van der Waals surface area contributed by atoms with E-state index in [1.165, 1.54) is 6.07 Å². The van der Waals surface area contributed by atoms with E-state index in [2.05, 4.69) is 4.90 Å². The highest BCUT2D eigenvalue weighted by Gasteiger charge is 2.34. The van der Waals surface area contributed by atoms with E-state index in [0.717, 1.165) is 18.6 Å². The van der Waals surface area contributed by atoms with Crippen LogP contribution in [-0.2, 0) is 17.5 Å². The summed E-state index contributed by atoms with van der Waals surface area (Å²) >= 11 is 0. The van der Waals surface area contributed by atoms with Crippen molar-refractivity contribution in [3.63, 3.8) is 0 Å². The maximum Gasteiger partial charge on any atom is 0.419 e. The Morgan fingerprint density at radius 2 is 2.15 bits per heavy atom. The normalized spacial score (nSPS) is 21.1. The molecule has 1 N–H and O–H groups in total. The average Bonchev–Trinajstić information content (AvgIpc) is 2.40. The van der Waals surface area contributed by atoms with E-state index in [4.69, 9.17) is 4.74 Å². The van der Waals surface area contributed by atoms with Gasteiger partial charge in [-0.2, -0.15) is 13.2 Å². The molecule has 1 aromatic rings. The van der Waals surface area contributed by atoms with Crippen LogP contribution in [0.5, 0.6) is 5.75 Å². The van der Waals surface area contributed by atoms with Crippen molar-refractivity contribution in [2.75, 3.05) is 19.8 Å². The van der Waals surface area contributed by atoms with Gasteiger partial charge in [0.15, 0.2) is 0 Å². The molecule has 1 aromatic carbocycles. The Morgan fingerprint density at radius 3 is 2.80 bits per heavy atom. The van der Waals surface area contributed by atoms with E-state index in [9.17, 15) is 18.3 Å². The minimum Gasteiger partial charge on any atom is -0.507 e. The van der Waals surface area contributed by atoms with Crippen molar-refractivity contribution >= 4 is 0 Å². The quantitative estimate of drug-likeness (QED) is 0.928. The lowest BCUT2D eigenvalue weighted by atomic mass is 10.1. The van der Waals surface area contributed by atoms with Crippen molar-refractivity contribution in [3.8, 4) is 5.75 Å². The first-order valence-corrected chi connectivity index (χ1v) is 6.62. The summed E-state index contributed by atoms with van der Waals surface area (Å²) in [5, 5.41) is 9.32. The van der Waals surface area contributed by atoms with Crippen molar-refractivity contribution in [1.82, 2.24) is 4.90 Å². The van der Waals surface area contributed by atoms with Crippen LogP contribution >= 0.6 is 0 Å². The highest BCUT2D eigenvalue weighted by atomic mass is 19.4. The molecular weight excluding hydrogens is 271 g/mol. The lowest BCUT2D eigenvalue weighted by Crippen LogP contribution is -2.44. The van der Waals surface area contributed by atoms with Crippen LogP contribution in [-0.4, -0.2) is 35.8 Å². The minimum atomic E-state index is -4.53. The molecule has 1 saturated heterocycles. The zero-order chi connectivity index (χ0) is 14.8. The molecule has 0 radical (unpaired) electrons. The molecule has 3 nitrogen and oxygen atoms in total. The molecule has 1 unspecified atom stereocenters. The predicted molar refractivity (Wildman–Crippen MR) is 68.4 cm³/mol. The number of ether oxygens (including phenoxy) is 1. The molecule has 0 amide bonds. The van der Waals surface area contributed by atoms with Gasteiger partial charge in [0.25, 0.3) is 0 Å². The number of aromatic hydroxyl groups is 1. The molecule has 1 aliphatic rings. The highest BCUT2D eigenvalue weighted by Crippen LogP contribution is 2.36. The maximum absolute atomic E-state index is 12.8. The summed E-state index contributed by atoms with van der Waals surface area (Å²) in [7, 11) is 0. The van der Waals surface area contributed by atoms with Crippen molar-refractivity contribution in [2.45, 2.75) is 32.1 Å². The largest absolute Gasteiger partial charge is 0.507 e. The van der Waals surface area contributed by atoms with Gasteiger partial charge in [0.1, 0.15) is 5.75 Å². The number of benzene rings is 1. The number of morpholine rings is 1. The van der Waals surface area contributed by atoms with Crippen LogP contribution in [0.1, 0.15) is 24.5 Å². The molecule has 20 heavy (non-hydrogen) atoms. The molecule has 112 valence electrons. The summed E-state index contributed by atoms with van der Waals surface area (Å²) in [6.45, 7) is 4.39. The van der Waals surface area contributed by atoms with Crippen LogP contribution in [0, 0.1) is 0 Å². The molecule has 1 atom stereocenters. The van der Waals surface area contributed by atoms with Gasteiger partial charge >= 0.3 is 6.18 Å². The summed E-state index contributed by atoms with van der Waals surface area (Å²) in [6.07, 6.45) is -3.64. The van der Waals surface area contributed by atoms with Crippen LogP contribution in [0.15, 0.2) is 18.2 Å². The first-order valence-electron chi connectivity index (χ1n) is 6.62. The van der Waals surface area contributed by atoms with E-state index >= 15 is 0 Å². The zero-order valence-corrected chi connectivity index (χ0v) is 11.3. The van der Waals surface area contributed by atoms with Crippen LogP contribution in [0.25, 0.3) is 0 Å². The number of hydrogen-bond donors (Lipinski definition) is 1. The number of phenols is 1. The van der Waals surface area contributed by atoms with Gasteiger partial charge < -0.3 is 9.84 Å². The van der Waals surface area contributed by atoms with Gasteiger partial charge in [-0.25, -0.2) is 0 Å². The maximum atomic E-state index is 12.8. The summed E-state index contributed by atoms with van der Waals surface area (Å²) in [6, 6.07) is 3.90. The van der Waals surface area contributed by atoms with Gasteiger partial charge in [0.2, 0.25) is 0 Å². The van der Waals surface area contributed by atoms with E-state index < -0.39 is 17.5 Å². The van der Waals surface area contributed by atoms with E-state index in [-0.39, 0.29) is 6.04 Å². The fourth-order valence-electron chi connectivity index (χ4n) is 2.42. The fraction of sp³-hybridized carbons (Fsp3) is 0.571. The van der Waals surface area contributed by atoms with Crippen molar-refractivity contribution < 1.29 is 23.0 Å². The molecule has 0 bridgehead atoms. The van der Waals surface area contributed by atoms with Crippen LogP contribution < -0.4 is 0 Å². The van der Waals surface area contributed by atoms with Gasteiger partial charge in [0.05, 0.1) is 18.8 Å². The Bertz CT molecular complexity index is 462. The number of phenolic OH excluding ortho intramolecular Hbond substituents is 1. The third-order valence-electron chi connectivity index (χ3n) is 3.57. The lowest BCUT2D eigenvalue weighted by molar-refractivity contribution is -0.138. The number of alkyl halides is 3. The molecule has 0 aromatic heterocycles. The summed E-state index contributed by atoms with van der Waals surface area (Å²) in [4.78, 5) is 2.12. The van der Waals surface area contributed by atoms with Crippen molar-refractivity contribution in [3.05, 3.63) is 29.3 Å². The third-order valence-corrected chi connectivity index (χ3v) is 3.57. The standard InChI is InChI=1S/C14H18F3NO2/c1-2-11-9-20-6-5-18(11)8-10-3-4-13(19)12(7-10)14(15,16)17/h3-4,7,11,19H,2,5-6,8-9H2,1H3. The van der Waals surface area contributed by atoms with Crippen LogP contribution in [0.4, 0.5) is 13.2 Å². The monoisotopic (exact) mass is 289 g/mol. The number of hydrogen-bond acceptors (Lipinski definition) is 3. The summed E-state index contributed by atoms with van der Waals surface area (Å²) in [5.74, 6) is -0.727. The molecule has 2 rings (SSSR count). The topological polar surface area (TPSA) is 32.7 Å². The number of rotatable bonds is 3. The van der Waals surface area contributed by atoms with E-state index in [0.29, 0.717) is 31.9 Å². The van der Waals surface area contributed by atoms with Gasteiger partial charge in [-0.3, -0.25) is 4.90 Å². The Morgan fingerprint density at radius 1 is 1.40 bits per heavy atom. The molecule has 1 heterocycles. The predicted octanol–water partition coefficient (Wildman–Crippen LogP) is 3.02. The van der Waals surface area contributed by atoms with E-state index in [1.807, 2.05) is 6.92 Å². The Labute approximate surface area is 116 Å². The SMILES string of the molecule is CCC1COCCN1Cc1ccc(O)c(C(F)(F)F)c1. The number of halogens is 3. The first-order chi connectivity index (χ1) is 9.41. The second-order valence-corrected chi connectivity index (χ2v) is 4.96. The summed E-state index contributed by atoms with van der Waals surface area (Å²) < 4.78 is 43.6. The second-order valence-electron chi connectivity index (χ2n) is 4.96. The number of nitrogens with zero attached hydrogens (tertiary/aromatic N) is 1. The highest BCUT2D eigenvalue weighted by molar-refractivity contribution is 5.38. The van der Waals surface area contributed by atoms with Crippen molar-refractivity contribution in [1.29, 1.82) is 0 Å². The lowest BCUT2D eigenvalue weighted by Gasteiger charge is -2.35. The van der Waals surface area contributed by atoms with Gasteiger partial charge in [-0.1, -0.05) is 13.0 Å². The first kappa shape index (κ1) is 15.1. The Balaban J connectivity index is 2.17.